The number of hydrogen-bond acceptors (Lipinski definition) is 5. The first-order valence-corrected chi connectivity index (χ1v) is 9.41. The molecule has 2 aromatic carbocycles. The summed E-state index contributed by atoms with van der Waals surface area (Å²) in [5.74, 6) is -2.59. The van der Waals surface area contributed by atoms with Crippen molar-refractivity contribution in [1.29, 1.82) is 0 Å². The van der Waals surface area contributed by atoms with Crippen molar-refractivity contribution >= 4 is 33.8 Å². The van der Waals surface area contributed by atoms with E-state index in [0.717, 1.165) is 28.9 Å². The van der Waals surface area contributed by atoms with Gasteiger partial charge in [0.15, 0.2) is 0 Å². The maximum atomic E-state index is 13.4. The summed E-state index contributed by atoms with van der Waals surface area (Å²) in [5.41, 5.74) is 2.37. The number of rotatable bonds is 7. The number of anilines is 1. The number of nitrogens with one attached hydrogen (secondary N) is 1. The van der Waals surface area contributed by atoms with Gasteiger partial charge < -0.3 is 5.11 Å². The minimum atomic E-state index is -3.85. The molecule has 8 nitrogen and oxygen atoms in total. The van der Waals surface area contributed by atoms with E-state index >= 15 is 0 Å². The van der Waals surface area contributed by atoms with Crippen molar-refractivity contribution in [2.45, 2.75) is 0 Å². The van der Waals surface area contributed by atoms with Crippen LogP contribution in [0.1, 0.15) is 15.9 Å². The molecular formula is C17H16FN3O5S. The van der Waals surface area contributed by atoms with E-state index in [1.54, 1.807) is 12.1 Å². The van der Waals surface area contributed by atoms with Gasteiger partial charge in [0.25, 0.3) is 5.91 Å². The molecule has 0 atom stereocenters. The van der Waals surface area contributed by atoms with Gasteiger partial charge >= 0.3 is 5.97 Å². The molecule has 2 N–H and O–H groups in total. The van der Waals surface area contributed by atoms with Crippen LogP contribution in [0.25, 0.3) is 0 Å². The lowest BCUT2D eigenvalue weighted by Crippen LogP contribution is -2.39. The van der Waals surface area contributed by atoms with Gasteiger partial charge in [-0.15, -0.1) is 0 Å². The molecule has 2 aromatic rings. The molecule has 0 aromatic heterocycles. The Kier molecular flexibility index (Phi) is 6.24. The normalized spacial score (nSPS) is 11.3. The number of hydrazone groups is 1. The lowest BCUT2D eigenvalue weighted by molar-refractivity contribution is -0.119. The standard InChI is InChI=1S/C17H16FN3O5S/c1-27(25,26)21(14-7-4-6-13(18)9-14)11-16(22)20-19-10-12-5-2-3-8-15(12)17(23)24/h2-10H,11H2,1H3,(H,20,22)(H,23,24)/b19-10-. The quantitative estimate of drug-likeness (QED) is 0.545. The zero-order valence-corrected chi connectivity index (χ0v) is 15.0. The molecule has 142 valence electrons. The number of carbonyl (C=O) groups is 2. The van der Waals surface area contributed by atoms with E-state index in [-0.39, 0.29) is 16.8 Å². The number of hydrogen-bond donors (Lipinski definition) is 2. The highest BCUT2D eigenvalue weighted by molar-refractivity contribution is 7.92. The van der Waals surface area contributed by atoms with Crippen LogP contribution in [0.4, 0.5) is 10.1 Å². The van der Waals surface area contributed by atoms with E-state index < -0.39 is 34.3 Å². The summed E-state index contributed by atoms with van der Waals surface area (Å²) >= 11 is 0. The van der Waals surface area contributed by atoms with Crippen molar-refractivity contribution in [3.8, 4) is 0 Å². The Hall–Kier alpha value is -3.27. The maximum Gasteiger partial charge on any atom is 0.336 e. The summed E-state index contributed by atoms with van der Waals surface area (Å²) in [7, 11) is -3.85. The second kappa shape index (κ2) is 8.41. The van der Waals surface area contributed by atoms with Gasteiger partial charge in [0, 0.05) is 5.56 Å². The van der Waals surface area contributed by atoms with E-state index in [2.05, 4.69) is 10.5 Å². The zero-order chi connectivity index (χ0) is 20.0. The average molecular weight is 393 g/mol. The van der Waals surface area contributed by atoms with Crippen molar-refractivity contribution in [3.05, 3.63) is 65.5 Å². The number of nitrogens with zero attached hydrogens (tertiary/aromatic N) is 2. The Morgan fingerprint density at radius 1 is 1.22 bits per heavy atom. The van der Waals surface area contributed by atoms with E-state index in [9.17, 15) is 22.4 Å². The summed E-state index contributed by atoms with van der Waals surface area (Å²) in [6.07, 6.45) is 2.02. The predicted molar refractivity (Wildman–Crippen MR) is 97.7 cm³/mol. The van der Waals surface area contributed by atoms with Gasteiger partial charge in [-0.3, -0.25) is 9.10 Å². The van der Waals surface area contributed by atoms with Gasteiger partial charge in [0.2, 0.25) is 10.0 Å². The van der Waals surface area contributed by atoms with Crippen LogP contribution in [0.3, 0.4) is 0 Å². The second-order valence-electron chi connectivity index (χ2n) is 5.44. The summed E-state index contributed by atoms with van der Waals surface area (Å²) in [4.78, 5) is 23.1. The number of aromatic carboxylic acids is 1. The third-order valence-electron chi connectivity index (χ3n) is 3.37. The molecule has 0 heterocycles. The van der Waals surface area contributed by atoms with Crippen LogP contribution in [-0.2, 0) is 14.8 Å². The van der Waals surface area contributed by atoms with E-state index in [4.69, 9.17) is 5.11 Å². The fourth-order valence-electron chi connectivity index (χ4n) is 2.18. The highest BCUT2D eigenvalue weighted by Crippen LogP contribution is 2.18. The lowest BCUT2D eigenvalue weighted by Gasteiger charge is -2.21. The van der Waals surface area contributed by atoms with Crippen molar-refractivity contribution in [2.75, 3.05) is 17.1 Å². The Morgan fingerprint density at radius 3 is 2.56 bits per heavy atom. The average Bonchev–Trinajstić information content (AvgIpc) is 2.59. The van der Waals surface area contributed by atoms with Gasteiger partial charge in [-0.2, -0.15) is 5.10 Å². The minimum Gasteiger partial charge on any atom is -0.478 e. The van der Waals surface area contributed by atoms with E-state index in [1.807, 2.05) is 0 Å². The van der Waals surface area contributed by atoms with Crippen LogP contribution in [0.2, 0.25) is 0 Å². The Bertz CT molecular complexity index is 992. The fraction of sp³-hybridized carbons (Fsp3) is 0.118. The maximum absolute atomic E-state index is 13.4. The first-order valence-electron chi connectivity index (χ1n) is 7.56. The SMILES string of the molecule is CS(=O)(=O)N(CC(=O)N/N=C\c1ccccc1C(=O)O)c1cccc(F)c1. The van der Waals surface area contributed by atoms with E-state index in [1.165, 1.54) is 24.3 Å². The van der Waals surface area contributed by atoms with Crippen LogP contribution in [0.15, 0.2) is 53.6 Å². The van der Waals surface area contributed by atoms with Gasteiger partial charge in [-0.05, 0) is 24.3 Å². The number of carboxylic acids is 1. The monoisotopic (exact) mass is 393 g/mol. The Labute approximate surface area is 155 Å². The smallest absolute Gasteiger partial charge is 0.336 e. The predicted octanol–water partition coefficient (Wildman–Crippen LogP) is 1.44. The molecule has 2 rings (SSSR count). The van der Waals surface area contributed by atoms with Gasteiger partial charge in [0.1, 0.15) is 12.4 Å². The van der Waals surface area contributed by atoms with Gasteiger partial charge in [-0.25, -0.2) is 23.0 Å². The number of carboxylic acid groups (broad SMARTS) is 1. The minimum absolute atomic E-state index is 0.00646. The van der Waals surface area contributed by atoms with Gasteiger partial charge in [0.05, 0.1) is 23.7 Å². The molecule has 0 saturated heterocycles. The van der Waals surface area contributed by atoms with Crippen LogP contribution in [-0.4, -0.2) is 44.4 Å². The Morgan fingerprint density at radius 2 is 1.93 bits per heavy atom. The topological polar surface area (TPSA) is 116 Å². The molecule has 0 unspecified atom stereocenters. The number of sulfonamides is 1. The van der Waals surface area contributed by atoms with Gasteiger partial charge in [-0.1, -0.05) is 24.3 Å². The van der Waals surface area contributed by atoms with Crippen molar-refractivity contribution in [2.24, 2.45) is 5.10 Å². The molecule has 0 bridgehead atoms. The fourth-order valence-corrected chi connectivity index (χ4v) is 3.02. The third kappa shape index (κ3) is 5.61. The van der Waals surface area contributed by atoms with Crippen LogP contribution < -0.4 is 9.73 Å². The summed E-state index contributed by atoms with van der Waals surface area (Å²) < 4.78 is 37.9. The highest BCUT2D eigenvalue weighted by Gasteiger charge is 2.21. The Balaban J connectivity index is 2.12. The summed E-state index contributed by atoms with van der Waals surface area (Å²) in [5, 5.41) is 12.7. The molecule has 1 amide bonds. The molecule has 0 spiro atoms. The van der Waals surface area contributed by atoms with Crippen molar-refractivity contribution in [1.82, 2.24) is 5.43 Å². The summed E-state index contributed by atoms with van der Waals surface area (Å²) in [6.45, 7) is -0.625. The molecule has 0 radical (unpaired) electrons. The molecule has 0 aliphatic rings. The number of halogens is 1. The largest absolute Gasteiger partial charge is 0.478 e. The number of carbonyl (C=O) groups excluding carboxylic acids is 1. The lowest BCUT2D eigenvalue weighted by atomic mass is 10.1. The molecule has 27 heavy (non-hydrogen) atoms. The van der Waals surface area contributed by atoms with Crippen LogP contribution >= 0.6 is 0 Å². The molecular weight excluding hydrogens is 377 g/mol. The van der Waals surface area contributed by atoms with Crippen molar-refractivity contribution in [3.63, 3.8) is 0 Å². The van der Waals surface area contributed by atoms with Crippen LogP contribution in [0, 0.1) is 5.82 Å². The first-order chi connectivity index (χ1) is 12.7. The molecule has 0 aliphatic carbocycles. The molecule has 10 heteroatoms. The molecule has 0 saturated carbocycles. The highest BCUT2D eigenvalue weighted by atomic mass is 32.2. The first kappa shape index (κ1) is 20.0. The molecule has 0 aliphatic heterocycles. The van der Waals surface area contributed by atoms with E-state index in [0.29, 0.717) is 0 Å². The molecule has 0 fully saturated rings. The zero-order valence-electron chi connectivity index (χ0n) is 14.2. The third-order valence-corrected chi connectivity index (χ3v) is 4.51. The second-order valence-corrected chi connectivity index (χ2v) is 7.34. The number of amides is 1. The summed E-state index contributed by atoms with van der Waals surface area (Å²) in [6, 6.07) is 10.8. The van der Waals surface area contributed by atoms with Crippen molar-refractivity contribution < 1.29 is 27.5 Å². The number of benzene rings is 2. The van der Waals surface area contributed by atoms with Crippen LogP contribution in [0.5, 0.6) is 0 Å².